The van der Waals surface area contributed by atoms with Gasteiger partial charge < -0.3 is 18.5 Å². The van der Waals surface area contributed by atoms with Crippen molar-refractivity contribution in [3.8, 4) is 5.75 Å². The molecule has 142 valence electrons. The number of nitro groups is 1. The van der Waals surface area contributed by atoms with Crippen molar-refractivity contribution in [1.82, 2.24) is 4.57 Å². The predicted octanol–water partition coefficient (Wildman–Crippen LogP) is 2.99. The summed E-state index contributed by atoms with van der Waals surface area (Å²) in [5.41, 5.74) is 0.887. The van der Waals surface area contributed by atoms with Crippen LogP contribution in [0.4, 0.5) is 5.88 Å². The number of furan rings is 1. The van der Waals surface area contributed by atoms with Crippen molar-refractivity contribution in [3.63, 3.8) is 0 Å². The van der Waals surface area contributed by atoms with Crippen LogP contribution in [0.5, 0.6) is 5.75 Å². The molecule has 0 aliphatic rings. The second-order valence-corrected chi connectivity index (χ2v) is 6.39. The molecule has 0 saturated heterocycles. The summed E-state index contributed by atoms with van der Waals surface area (Å²) in [6.45, 7) is 3.45. The molecule has 0 saturated carbocycles. The molecule has 0 aliphatic carbocycles. The lowest BCUT2D eigenvalue weighted by Gasteiger charge is -2.06. The van der Waals surface area contributed by atoms with Crippen LogP contribution in [0.3, 0.4) is 0 Å². The van der Waals surface area contributed by atoms with E-state index in [1.165, 1.54) is 17.4 Å². The minimum absolute atomic E-state index is 0.187. The maximum Gasteiger partial charge on any atom is 0.433 e. The molecule has 1 aromatic carbocycles. The molecule has 0 atom stereocenters. The Labute approximate surface area is 157 Å². The molecule has 27 heavy (non-hydrogen) atoms. The lowest BCUT2D eigenvalue weighted by molar-refractivity contribution is -0.402. The quantitative estimate of drug-likeness (QED) is 0.348. The van der Waals surface area contributed by atoms with Crippen LogP contribution in [0.25, 0.3) is 10.2 Å². The van der Waals surface area contributed by atoms with Gasteiger partial charge in [-0.1, -0.05) is 11.3 Å². The first kappa shape index (κ1) is 18.8. The largest absolute Gasteiger partial charge is 0.497 e. The van der Waals surface area contributed by atoms with Crippen LogP contribution in [-0.2, 0) is 11.3 Å². The molecule has 0 unspecified atom stereocenters. The first-order chi connectivity index (χ1) is 13.0. The molecular weight excluding hydrogens is 374 g/mol. The van der Waals surface area contributed by atoms with E-state index in [-0.39, 0.29) is 5.76 Å². The van der Waals surface area contributed by atoms with Crippen LogP contribution in [0.15, 0.2) is 39.7 Å². The van der Waals surface area contributed by atoms with E-state index >= 15 is 0 Å². The van der Waals surface area contributed by atoms with Gasteiger partial charge in [-0.3, -0.25) is 14.9 Å². The van der Waals surface area contributed by atoms with Crippen LogP contribution >= 0.6 is 11.3 Å². The minimum atomic E-state index is -0.704. The van der Waals surface area contributed by atoms with Gasteiger partial charge in [0.1, 0.15) is 10.7 Å². The second-order valence-electron chi connectivity index (χ2n) is 5.38. The summed E-state index contributed by atoms with van der Waals surface area (Å²) < 4.78 is 18.3. The molecular formula is C17H17N3O6S. The van der Waals surface area contributed by atoms with E-state index < -0.39 is 16.7 Å². The fourth-order valence-corrected chi connectivity index (χ4v) is 3.55. The van der Waals surface area contributed by atoms with Gasteiger partial charge >= 0.3 is 11.8 Å². The van der Waals surface area contributed by atoms with Crippen molar-refractivity contribution in [2.75, 3.05) is 20.3 Å². The number of rotatable bonds is 7. The smallest absolute Gasteiger partial charge is 0.433 e. The molecule has 0 spiro atoms. The van der Waals surface area contributed by atoms with E-state index in [2.05, 4.69) is 4.99 Å². The fourth-order valence-electron chi connectivity index (χ4n) is 2.46. The van der Waals surface area contributed by atoms with E-state index in [9.17, 15) is 14.9 Å². The van der Waals surface area contributed by atoms with E-state index in [0.29, 0.717) is 30.3 Å². The van der Waals surface area contributed by atoms with Crippen molar-refractivity contribution in [1.29, 1.82) is 0 Å². The van der Waals surface area contributed by atoms with E-state index in [1.54, 1.807) is 7.11 Å². The first-order valence-corrected chi connectivity index (χ1v) is 8.93. The van der Waals surface area contributed by atoms with Gasteiger partial charge in [0.05, 0.1) is 30.0 Å². The minimum Gasteiger partial charge on any atom is -0.497 e. The summed E-state index contributed by atoms with van der Waals surface area (Å²) in [7, 11) is 1.58. The van der Waals surface area contributed by atoms with Gasteiger partial charge in [0, 0.05) is 13.2 Å². The zero-order valence-electron chi connectivity index (χ0n) is 14.7. The molecule has 0 N–H and O–H groups in total. The number of hydrogen-bond donors (Lipinski definition) is 0. The average molecular weight is 391 g/mol. The second kappa shape index (κ2) is 8.14. The molecule has 3 aromatic rings. The molecule has 0 fully saturated rings. The molecule has 3 rings (SSSR count). The third-order valence-corrected chi connectivity index (χ3v) is 4.77. The Bertz CT molecular complexity index is 1050. The molecule has 2 aromatic heterocycles. The van der Waals surface area contributed by atoms with Gasteiger partial charge in [0.15, 0.2) is 4.80 Å². The van der Waals surface area contributed by atoms with E-state index in [1.807, 2.05) is 29.7 Å². The third-order valence-electron chi connectivity index (χ3n) is 3.73. The normalized spacial score (nSPS) is 11.9. The van der Waals surface area contributed by atoms with Gasteiger partial charge in [-0.05, 0) is 31.2 Å². The van der Waals surface area contributed by atoms with E-state index in [4.69, 9.17) is 13.9 Å². The number of fused-ring (bicyclic) bond motifs is 1. The number of aromatic nitrogens is 1. The Balaban J connectivity index is 2.04. The highest BCUT2D eigenvalue weighted by atomic mass is 32.1. The van der Waals surface area contributed by atoms with Gasteiger partial charge in [0.2, 0.25) is 5.76 Å². The maximum absolute atomic E-state index is 12.4. The van der Waals surface area contributed by atoms with Crippen LogP contribution in [0.1, 0.15) is 17.5 Å². The van der Waals surface area contributed by atoms with Crippen molar-refractivity contribution < 1.29 is 23.6 Å². The molecule has 0 aliphatic heterocycles. The summed E-state index contributed by atoms with van der Waals surface area (Å²) >= 11 is 1.31. The van der Waals surface area contributed by atoms with Gasteiger partial charge in [-0.25, -0.2) is 0 Å². The van der Waals surface area contributed by atoms with Crippen molar-refractivity contribution in [2.45, 2.75) is 13.5 Å². The Hall–Kier alpha value is -2.98. The molecule has 2 heterocycles. The van der Waals surface area contributed by atoms with Crippen LogP contribution in [-0.4, -0.2) is 35.7 Å². The Morgan fingerprint density at radius 1 is 1.37 bits per heavy atom. The monoisotopic (exact) mass is 391 g/mol. The number of benzene rings is 1. The molecule has 10 heteroatoms. The van der Waals surface area contributed by atoms with Crippen LogP contribution in [0, 0.1) is 10.1 Å². The number of carbonyl (C=O) groups is 1. The number of thiazole rings is 1. The highest BCUT2D eigenvalue weighted by Gasteiger charge is 2.17. The zero-order chi connectivity index (χ0) is 19.4. The third kappa shape index (κ3) is 4.07. The summed E-state index contributed by atoms with van der Waals surface area (Å²) in [5, 5.41) is 10.7. The molecule has 0 radical (unpaired) electrons. The fraction of sp³-hybridized carbons (Fsp3) is 0.294. The van der Waals surface area contributed by atoms with Gasteiger partial charge in [-0.2, -0.15) is 4.99 Å². The summed E-state index contributed by atoms with van der Waals surface area (Å²) in [4.78, 5) is 26.9. The van der Waals surface area contributed by atoms with Crippen molar-refractivity contribution >= 4 is 33.3 Å². The van der Waals surface area contributed by atoms with Crippen LogP contribution in [0.2, 0.25) is 0 Å². The molecule has 9 nitrogen and oxygen atoms in total. The van der Waals surface area contributed by atoms with Gasteiger partial charge in [0.25, 0.3) is 0 Å². The average Bonchev–Trinajstić information content (AvgIpc) is 3.27. The summed E-state index contributed by atoms with van der Waals surface area (Å²) in [6, 6.07) is 7.94. The first-order valence-electron chi connectivity index (χ1n) is 8.12. The number of ether oxygens (including phenoxy) is 2. The van der Waals surface area contributed by atoms with E-state index in [0.717, 1.165) is 16.3 Å². The number of carbonyl (C=O) groups excluding carboxylic acids is 1. The summed E-state index contributed by atoms with van der Waals surface area (Å²) in [6.07, 6.45) is 0. The standard InChI is InChI=1S/C17H17N3O6S/c1-3-25-9-8-19-12-5-4-11(24-2)10-14(12)27-17(19)18-16(21)13-6-7-15(26-13)20(22)23/h4-7,10H,3,8-9H2,1-2H3. The Morgan fingerprint density at radius 3 is 2.85 bits per heavy atom. The summed E-state index contributed by atoms with van der Waals surface area (Å²) in [5.74, 6) is -0.682. The molecule has 0 bridgehead atoms. The zero-order valence-corrected chi connectivity index (χ0v) is 15.5. The van der Waals surface area contributed by atoms with Gasteiger partial charge in [-0.15, -0.1) is 0 Å². The lowest BCUT2D eigenvalue weighted by atomic mass is 10.3. The van der Waals surface area contributed by atoms with Crippen molar-refractivity contribution in [2.24, 2.45) is 4.99 Å². The predicted molar refractivity (Wildman–Crippen MR) is 98.1 cm³/mol. The lowest BCUT2D eigenvalue weighted by Crippen LogP contribution is -2.19. The highest BCUT2D eigenvalue weighted by molar-refractivity contribution is 7.16. The number of hydrogen-bond acceptors (Lipinski definition) is 7. The Morgan fingerprint density at radius 2 is 2.19 bits per heavy atom. The van der Waals surface area contributed by atoms with Crippen LogP contribution < -0.4 is 9.54 Å². The molecule has 1 amide bonds. The van der Waals surface area contributed by atoms with Crippen molar-refractivity contribution in [3.05, 3.63) is 51.0 Å². The number of nitrogens with zero attached hydrogens (tertiary/aromatic N) is 3. The number of amides is 1. The number of methoxy groups -OCH3 is 1. The topological polar surface area (TPSA) is 109 Å². The maximum atomic E-state index is 12.4. The highest BCUT2D eigenvalue weighted by Crippen LogP contribution is 2.23. The Kier molecular flexibility index (Phi) is 5.67. The SMILES string of the molecule is CCOCCn1c(=NC(=O)c2ccc([N+](=O)[O-])o2)sc2cc(OC)ccc21.